The van der Waals surface area contributed by atoms with E-state index < -0.39 is 15.9 Å². The van der Waals surface area contributed by atoms with Crippen molar-refractivity contribution in [2.75, 3.05) is 18.4 Å². The molecular weight excluding hydrogens is 456 g/mol. The maximum Gasteiger partial charge on any atom is 0.265 e. The summed E-state index contributed by atoms with van der Waals surface area (Å²) in [6.07, 6.45) is 2.17. The number of piperidine rings is 1. The molecule has 3 N–H and O–H groups in total. The number of aromatic nitrogens is 1. The van der Waals surface area contributed by atoms with E-state index in [4.69, 9.17) is 10.5 Å². The van der Waals surface area contributed by atoms with Gasteiger partial charge >= 0.3 is 0 Å². The number of benzene rings is 2. The number of hydrogen-bond acceptors (Lipinski definition) is 5. The minimum Gasteiger partial charge on any atom is -0.457 e. The van der Waals surface area contributed by atoms with Crippen molar-refractivity contribution in [1.82, 2.24) is 8.87 Å². The molecule has 2 aromatic carbocycles. The van der Waals surface area contributed by atoms with Gasteiger partial charge in [-0.1, -0.05) is 18.2 Å². The van der Waals surface area contributed by atoms with Crippen LogP contribution in [0.25, 0.3) is 0 Å². The highest BCUT2D eigenvalue weighted by Crippen LogP contribution is 2.27. The zero-order valence-corrected chi connectivity index (χ0v) is 19.5. The van der Waals surface area contributed by atoms with Gasteiger partial charge in [0, 0.05) is 37.9 Å². The minimum absolute atomic E-state index is 0.0181. The molecular formula is C24H26N4O5S. The number of nitrogens with two attached hydrogens (primary N) is 1. The number of amides is 2. The molecule has 1 aliphatic rings. The van der Waals surface area contributed by atoms with E-state index in [1.165, 1.54) is 21.1 Å². The van der Waals surface area contributed by atoms with Crippen molar-refractivity contribution in [1.29, 1.82) is 0 Å². The van der Waals surface area contributed by atoms with E-state index in [9.17, 15) is 18.0 Å². The van der Waals surface area contributed by atoms with E-state index in [0.29, 0.717) is 24.3 Å². The van der Waals surface area contributed by atoms with Crippen LogP contribution in [0.15, 0.2) is 71.8 Å². The van der Waals surface area contributed by atoms with Gasteiger partial charge < -0.3 is 20.4 Å². The highest BCUT2D eigenvalue weighted by Gasteiger charge is 2.33. The molecule has 178 valence electrons. The predicted molar refractivity (Wildman–Crippen MR) is 127 cm³/mol. The lowest BCUT2D eigenvalue weighted by atomic mass is 9.97. The number of primary amides is 1. The van der Waals surface area contributed by atoms with Crippen LogP contribution in [0.5, 0.6) is 11.5 Å². The Morgan fingerprint density at radius 1 is 1.00 bits per heavy atom. The zero-order valence-electron chi connectivity index (χ0n) is 18.7. The second-order valence-electron chi connectivity index (χ2n) is 8.14. The van der Waals surface area contributed by atoms with Crippen LogP contribution in [0.3, 0.4) is 0 Å². The first-order valence-electron chi connectivity index (χ1n) is 10.8. The highest BCUT2D eigenvalue weighted by molar-refractivity contribution is 7.89. The van der Waals surface area contributed by atoms with Gasteiger partial charge in [-0.3, -0.25) is 9.59 Å². The third-order valence-electron chi connectivity index (χ3n) is 5.80. The Bertz CT molecular complexity index is 1280. The molecule has 1 fully saturated rings. The molecule has 0 unspecified atom stereocenters. The van der Waals surface area contributed by atoms with Gasteiger partial charge in [-0.2, -0.15) is 4.31 Å². The van der Waals surface area contributed by atoms with E-state index in [1.54, 1.807) is 31.3 Å². The molecule has 3 aromatic rings. The minimum atomic E-state index is -3.78. The van der Waals surface area contributed by atoms with Gasteiger partial charge in [0.2, 0.25) is 15.9 Å². The van der Waals surface area contributed by atoms with Gasteiger partial charge in [0.1, 0.15) is 22.1 Å². The average Bonchev–Trinajstić information content (AvgIpc) is 3.24. The van der Waals surface area contributed by atoms with Crippen LogP contribution in [-0.2, 0) is 21.9 Å². The number of rotatable bonds is 7. The summed E-state index contributed by atoms with van der Waals surface area (Å²) in [6, 6.07) is 17.8. The molecule has 2 amide bonds. The molecule has 0 saturated carbocycles. The molecule has 4 rings (SSSR count). The number of nitrogens with one attached hydrogen (secondary N) is 1. The second kappa shape index (κ2) is 9.70. The second-order valence-corrected chi connectivity index (χ2v) is 10.1. The molecule has 0 atom stereocenters. The normalized spacial score (nSPS) is 15.1. The fraction of sp³-hybridized carbons (Fsp3) is 0.250. The van der Waals surface area contributed by atoms with E-state index >= 15 is 0 Å². The monoisotopic (exact) mass is 482 g/mol. The lowest BCUT2D eigenvalue weighted by molar-refractivity contribution is -0.120. The molecule has 10 heteroatoms. The lowest BCUT2D eigenvalue weighted by Gasteiger charge is -2.30. The van der Waals surface area contributed by atoms with Gasteiger partial charge in [-0.15, -0.1) is 0 Å². The molecule has 0 aliphatic carbocycles. The van der Waals surface area contributed by atoms with Crippen LogP contribution in [0.4, 0.5) is 5.69 Å². The molecule has 0 bridgehead atoms. The fourth-order valence-corrected chi connectivity index (χ4v) is 5.44. The maximum atomic E-state index is 13.0. The average molecular weight is 483 g/mol. The van der Waals surface area contributed by atoms with Crippen LogP contribution in [0, 0.1) is 5.92 Å². The summed E-state index contributed by atoms with van der Waals surface area (Å²) in [5.41, 5.74) is 6.05. The van der Waals surface area contributed by atoms with Gasteiger partial charge in [0.25, 0.3) is 5.91 Å². The number of carbonyl (C=O) groups is 2. The van der Waals surface area contributed by atoms with Crippen molar-refractivity contribution < 1.29 is 22.7 Å². The van der Waals surface area contributed by atoms with E-state index in [-0.39, 0.29) is 35.5 Å². The highest BCUT2D eigenvalue weighted by atomic mass is 32.2. The van der Waals surface area contributed by atoms with Crippen LogP contribution in [0.1, 0.15) is 23.3 Å². The number of anilines is 1. The molecule has 9 nitrogen and oxygen atoms in total. The molecule has 1 aliphatic heterocycles. The summed E-state index contributed by atoms with van der Waals surface area (Å²) >= 11 is 0. The molecule has 2 heterocycles. The van der Waals surface area contributed by atoms with Crippen molar-refractivity contribution >= 4 is 27.5 Å². The molecule has 0 spiro atoms. The number of para-hydroxylation sites is 1. The number of ether oxygens (including phenoxy) is 1. The SMILES string of the molecule is Cn1cc(S(=O)(=O)N2CCC(C(=O)Nc3ccc(Oc4ccccc4)cc3)CC2)cc1C(N)=O. The van der Waals surface area contributed by atoms with Gasteiger partial charge in [-0.25, -0.2) is 8.42 Å². The third kappa shape index (κ3) is 5.13. The van der Waals surface area contributed by atoms with Crippen molar-refractivity contribution in [3.05, 3.63) is 72.6 Å². The third-order valence-corrected chi connectivity index (χ3v) is 7.66. The topological polar surface area (TPSA) is 124 Å². The van der Waals surface area contributed by atoms with Gasteiger partial charge in [-0.05, 0) is 55.3 Å². The first-order valence-corrected chi connectivity index (χ1v) is 12.3. The quantitative estimate of drug-likeness (QED) is 0.536. The Morgan fingerprint density at radius 2 is 1.62 bits per heavy atom. The number of hydrogen-bond donors (Lipinski definition) is 2. The van der Waals surface area contributed by atoms with Gasteiger partial charge in [0.15, 0.2) is 0 Å². The Balaban J connectivity index is 1.33. The predicted octanol–water partition coefficient (Wildman–Crippen LogP) is 2.96. The Hall–Kier alpha value is -3.63. The summed E-state index contributed by atoms with van der Waals surface area (Å²) in [4.78, 5) is 24.2. The van der Waals surface area contributed by atoms with Crippen molar-refractivity contribution in [2.24, 2.45) is 18.7 Å². The van der Waals surface area contributed by atoms with Crippen LogP contribution in [0.2, 0.25) is 0 Å². The molecule has 34 heavy (non-hydrogen) atoms. The largest absolute Gasteiger partial charge is 0.457 e. The summed E-state index contributed by atoms with van der Waals surface area (Å²) in [6.45, 7) is 0.427. The van der Waals surface area contributed by atoms with Crippen LogP contribution < -0.4 is 15.8 Å². The standard InChI is InChI=1S/C24H26N4O5S/c1-27-16-21(15-22(27)23(25)29)34(31,32)28-13-11-17(12-14-28)24(30)26-18-7-9-20(10-8-18)33-19-5-3-2-4-6-19/h2-10,15-17H,11-14H2,1H3,(H2,25,29)(H,26,30). The smallest absolute Gasteiger partial charge is 0.265 e. The Labute approximate surface area is 198 Å². The molecule has 1 aromatic heterocycles. The van der Waals surface area contributed by atoms with E-state index in [0.717, 1.165) is 5.75 Å². The lowest BCUT2D eigenvalue weighted by Crippen LogP contribution is -2.41. The van der Waals surface area contributed by atoms with Crippen molar-refractivity contribution in [3.63, 3.8) is 0 Å². The van der Waals surface area contributed by atoms with E-state index in [2.05, 4.69) is 5.32 Å². The fourth-order valence-electron chi connectivity index (χ4n) is 3.90. The molecule has 0 radical (unpaired) electrons. The number of carbonyl (C=O) groups excluding carboxylic acids is 2. The van der Waals surface area contributed by atoms with Crippen molar-refractivity contribution in [2.45, 2.75) is 17.7 Å². The molecule has 1 saturated heterocycles. The Kier molecular flexibility index (Phi) is 6.71. The first kappa shape index (κ1) is 23.5. The van der Waals surface area contributed by atoms with Gasteiger partial charge in [0.05, 0.1) is 0 Å². The summed E-state index contributed by atoms with van der Waals surface area (Å²) in [5.74, 6) is 0.234. The number of aryl methyl sites for hydroxylation is 1. The first-order chi connectivity index (χ1) is 16.2. The number of nitrogens with zero attached hydrogens (tertiary/aromatic N) is 2. The van der Waals surface area contributed by atoms with Crippen molar-refractivity contribution in [3.8, 4) is 11.5 Å². The summed E-state index contributed by atoms with van der Waals surface area (Å²) < 4.78 is 34.4. The van der Waals surface area contributed by atoms with E-state index in [1.807, 2.05) is 30.3 Å². The van der Waals surface area contributed by atoms with Crippen LogP contribution in [-0.4, -0.2) is 42.2 Å². The number of sulfonamides is 1. The Morgan fingerprint density at radius 3 is 2.21 bits per heavy atom. The zero-order chi connectivity index (χ0) is 24.3. The maximum absolute atomic E-state index is 13.0. The van der Waals surface area contributed by atoms with Crippen LogP contribution >= 0.6 is 0 Å². The summed E-state index contributed by atoms with van der Waals surface area (Å²) in [7, 11) is -2.21. The summed E-state index contributed by atoms with van der Waals surface area (Å²) in [5, 5.41) is 2.89.